The lowest BCUT2D eigenvalue weighted by atomic mass is 10.1. The van der Waals surface area contributed by atoms with Crippen LogP contribution in [0, 0.1) is 6.92 Å². The van der Waals surface area contributed by atoms with Crippen LogP contribution < -0.4 is 10.4 Å². The third-order valence-electron chi connectivity index (χ3n) is 3.98. The SMILES string of the molecule is C=CC(=O)Oc1cc(CN2CCOCC2)c2oc(=O)cc(C)c2c1. The van der Waals surface area contributed by atoms with Crippen molar-refractivity contribution < 1.29 is 18.7 Å². The minimum atomic E-state index is -0.526. The summed E-state index contributed by atoms with van der Waals surface area (Å²) in [6, 6.07) is 4.87. The van der Waals surface area contributed by atoms with Crippen molar-refractivity contribution in [2.24, 2.45) is 0 Å². The maximum absolute atomic E-state index is 11.8. The molecule has 24 heavy (non-hydrogen) atoms. The van der Waals surface area contributed by atoms with Crippen LogP contribution >= 0.6 is 0 Å². The summed E-state index contributed by atoms with van der Waals surface area (Å²) in [5.74, 6) is -0.116. The van der Waals surface area contributed by atoms with E-state index in [0.717, 1.165) is 35.7 Å². The van der Waals surface area contributed by atoms with Crippen LogP contribution in [-0.2, 0) is 16.1 Å². The van der Waals surface area contributed by atoms with Gasteiger partial charge in [0.2, 0.25) is 0 Å². The van der Waals surface area contributed by atoms with Gasteiger partial charge in [0, 0.05) is 42.7 Å². The molecule has 0 bridgehead atoms. The number of esters is 1. The summed E-state index contributed by atoms with van der Waals surface area (Å²) < 4.78 is 16.1. The average molecular weight is 329 g/mol. The summed E-state index contributed by atoms with van der Waals surface area (Å²) in [4.78, 5) is 25.5. The van der Waals surface area contributed by atoms with Crippen molar-refractivity contribution in [1.29, 1.82) is 0 Å². The molecule has 0 amide bonds. The van der Waals surface area contributed by atoms with Crippen LogP contribution in [-0.4, -0.2) is 37.2 Å². The molecule has 126 valence electrons. The van der Waals surface area contributed by atoms with E-state index in [1.165, 1.54) is 6.07 Å². The fraction of sp³-hybridized carbons (Fsp3) is 0.333. The predicted octanol–water partition coefficient (Wildman–Crippen LogP) is 2.03. The summed E-state index contributed by atoms with van der Waals surface area (Å²) >= 11 is 0. The molecule has 1 aromatic heterocycles. The van der Waals surface area contributed by atoms with E-state index in [1.807, 2.05) is 6.92 Å². The molecule has 0 atom stereocenters. The van der Waals surface area contributed by atoms with Gasteiger partial charge in [-0.2, -0.15) is 0 Å². The van der Waals surface area contributed by atoms with Gasteiger partial charge >= 0.3 is 11.6 Å². The number of rotatable bonds is 4. The molecule has 0 aliphatic carbocycles. The molecule has 0 spiro atoms. The van der Waals surface area contributed by atoms with E-state index in [1.54, 1.807) is 12.1 Å². The number of hydrogen-bond donors (Lipinski definition) is 0. The monoisotopic (exact) mass is 329 g/mol. The van der Waals surface area contributed by atoms with Crippen molar-refractivity contribution in [2.45, 2.75) is 13.5 Å². The summed E-state index contributed by atoms with van der Waals surface area (Å²) in [5, 5.41) is 0.757. The van der Waals surface area contributed by atoms with Crippen LogP contribution in [0.25, 0.3) is 11.0 Å². The number of fused-ring (bicyclic) bond motifs is 1. The summed E-state index contributed by atoms with van der Waals surface area (Å²) in [7, 11) is 0. The number of hydrogen-bond acceptors (Lipinski definition) is 6. The highest BCUT2D eigenvalue weighted by Crippen LogP contribution is 2.28. The van der Waals surface area contributed by atoms with Crippen molar-refractivity contribution in [3.8, 4) is 5.75 Å². The number of carbonyl (C=O) groups is 1. The summed E-state index contributed by atoms with van der Waals surface area (Å²) in [6.45, 7) is 8.77. The number of aryl methyl sites for hydroxylation is 1. The first-order valence-electron chi connectivity index (χ1n) is 7.78. The Bertz CT molecular complexity index is 833. The highest BCUT2D eigenvalue weighted by molar-refractivity contribution is 5.87. The van der Waals surface area contributed by atoms with Gasteiger partial charge in [-0.15, -0.1) is 0 Å². The Hall–Kier alpha value is -2.44. The molecule has 0 saturated carbocycles. The first kappa shape index (κ1) is 16.4. The van der Waals surface area contributed by atoms with Crippen LogP contribution in [0.3, 0.4) is 0 Å². The van der Waals surface area contributed by atoms with Gasteiger partial charge in [0.05, 0.1) is 13.2 Å². The second-order valence-corrected chi connectivity index (χ2v) is 5.72. The molecule has 0 unspecified atom stereocenters. The van der Waals surface area contributed by atoms with Crippen LogP contribution in [0.15, 0.2) is 40.1 Å². The molecule has 2 heterocycles. The zero-order valence-electron chi connectivity index (χ0n) is 13.5. The lowest BCUT2D eigenvalue weighted by Gasteiger charge is -2.26. The van der Waals surface area contributed by atoms with Crippen LogP contribution in [0.2, 0.25) is 0 Å². The fourth-order valence-electron chi connectivity index (χ4n) is 2.79. The number of morpholine rings is 1. The molecular weight excluding hydrogens is 310 g/mol. The Morgan fingerprint density at radius 2 is 2.08 bits per heavy atom. The molecule has 0 radical (unpaired) electrons. The molecule has 1 aliphatic rings. The number of benzene rings is 1. The van der Waals surface area contributed by atoms with Crippen LogP contribution in [0.1, 0.15) is 11.1 Å². The second kappa shape index (κ2) is 6.98. The predicted molar refractivity (Wildman–Crippen MR) is 89.1 cm³/mol. The zero-order chi connectivity index (χ0) is 17.1. The van der Waals surface area contributed by atoms with E-state index in [2.05, 4.69) is 11.5 Å². The van der Waals surface area contributed by atoms with E-state index in [-0.39, 0.29) is 5.63 Å². The van der Waals surface area contributed by atoms with Crippen molar-refractivity contribution >= 4 is 16.9 Å². The molecule has 1 fully saturated rings. The average Bonchev–Trinajstić information content (AvgIpc) is 2.56. The third kappa shape index (κ3) is 3.55. The Morgan fingerprint density at radius 3 is 2.79 bits per heavy atom. The van der Waals surface area contributed by atoms with E-state index in [0.29, 0.717) is 31.1 Å². The van der Waals surface area contributed by atoms with E-state index < -0.39 is 5.97 Å². The first-order valence-corrected chi connectivity index (χ1v) is 7.78. The summed E-state index contributed by atoms with van der Waals surface area (Å²) in [6.07, 6.45) is 1.11. The molecule has 6 nitrogen and oxygen atoms in total. The van der Waals surface area contributed by atoms with E-state index >= 15 is 0 Å². The fourth-order valence-corrected chi connectivity index (χ4v) is 2.79. The normalized spacial score (nSPS) is 15.4. The largest absolute Gasteiger partial charge is 0.423 e. The van der Waals surface area contributed by atoms with Gasteiger partial charge in [-0.25, -0.2) is 9.59 Å². The van der Waals surface area contributed by atoms with Gasteiger partial charge in [-0.05, 0) is 24.6 Å². The minimum Gasteiger partial charge on any atom is -0.423 e. The topological polar surface area (TPSA) is 69.0 Å². The maximum atomic E-state index is 11.8. The Balaban J connectivity index is 2.06. The first-order chi connectivity index (χ1) is 11.6. The zero-order valence-corrected chi connectivity index (χ0v) is 13.5. The summed E-state index contributed by atoms with van der Waals surface area (Å²) in [5.41, 5.74) is 1.73. The Labute approximate surface area is 139 Å². The highest BCUT2D eigenvalue weighted by Gasteiger charge is 2.17. The maximum Gasteiger partial charge on any atom is 0.336 e. The van der Waals surface area contributed by atoms with Crippen molar-refractivity contribution in [3.63, 3.8) is 0 Å². The molecular formula is C18H19NO5. The minimum absolute atomic E-state index is 0.390. The van der Waals surface area contributed by atoms with Gasteiger partial charge in [-0.3, -0.25) is 4.90 Å². The van der Waals surface area contributed by atoms with Crippen LogP contribution in [0.4, 0.5) is 0 Å². The third-order valence-corrected chi connectivity index (χ3v) is 3.98. The highest BCUT2D eigenvalue weighted by atomic mass is 16.5. The Kier molecular flexibility index (Phi) is 4.78. The second-order valence-electron chi connectivity index (χ2n) is 5.72. The van der Waals surface area contributed by atoms with Gasteiger partial charge in [0.15, 0.2) is 0 Å². The van der Waals surface area contributed by atoms with Crippen molar-refractivity contribution in [3.05, 3.63) is 52.4 Å². The number of carbonyl (C=O) groups excluding carboxylic acids is 1. The van der Waals surface area contributed by atoms with Crippen molar-refractivity contribution in [2.75, 3.05) is 26.3 Å². The quantitative estimate of drug-likeness (QED) is 0.370. The molecule has 3 rings (SSSR count). The van der Waals surface area contributed by atoms with Gasteiger partial charge < -0.3 is 13.9 Å². The van der Waals surface area contributed by atoms with Crippen molar-refractivity contribution in [1.82, 2.24) is 4.90 Å². The molecule has 1 aromatic carbocycles. The van der Waals surface area contributed by atoms with Crippen LogP contribution in [0.5, 0.6) is 5.75 Å². The van der Waals surface area contributed by atoms with E-state index in [9.17, 15) is 9.59 Å². The molecule has 1 saturated heterocycles. The van der Waals surface area contributed by atoms with Gasteiger partial charge in [0.1, 0.15) is 11.3 Å². The Morgan fingerprint density at radius 1 is 1.33 bits per heavy atom. The smallest absolute Gasteiger partial charge is 0.336 e. The molecule has 2 aromatic rings. The molecule has 1 aliphatic heterocycles. The van der Waals surface area contributed by atoms with Gasteiger partial charge in [0.25, 0.3) is 0 Å². The molecule has 6 heteroatoms. The number of nitrogens with zero attached hydrogens (tertiary/aromatic N) is 1. The van der Waals surface area contributed by atoms with E-state index in [4.69, 9.17) is 13.9 Å². The lowest BCUT2D eigenvalue weighted by molar-refractivity contribution is -0.128. The van der Waals surface area contributed by atoms with Gasteiger partial charge in [-0.1, -0.05) is 6.58 Å². The lowest BCUT2D eigenvalue weighted by Crippen LogP contribution is -2.35. The molecule has 0 N–H and O–H groups in total. The standard InChI is InChI=1S/C18H19NO5/c1-3-16(20)23-14-9-13(11-19-4-6-22-7-5-19)18-15(10-14)12(2)8-17(21)24-18/h3,8-10H,1,4-7,11H2,2H3. The number of ether oxygens (including phenoxy) is 2.